The lowest BCUT2D eigenvalue weighted by Gasteiger charge is -2.23. The van der Waals surface area contributed by atoms with Crippen LogP contribution in [-0.2, 0) is 14.8 Å². The van der Waals surface area contributed by atoms with Gasteiger partial charge in [-0.3, -0.25) is 9.10 Å². The van der Waals surface area contributed by atoms with Gasteiger partial charge < -0.3 is 0 Å². The molecule has 0 heterocycles. The van der Waals surface area contributed by atoms with E-state index in [4.69, 9.17) is 11.6 Å². The van der Waals surface area contributed by atoms with Gasteiger partial charge in [-0.05, 0) is 71.8 Å². The van der Waals surface area contributed by atoms with E-state index in [2.05, 4.69) is 33.1 Å². The van der Waals surface area contributed by atoms with Crippen molar-refractivity contribution in [1.82, 2.24) is 5.43 Å². The second kappa shape index (κ2) is 9.03. The summed E-state index contributed by atoms with van der Waals surface area (Å²) >= 11 is 8.28. The summed E-state index contributed by atoms with van der Waals surface area (Å²) in [6, 6.07) is 12.6. The number of hydrogen-bond donors (Lipinski definition) is 1. The van der Waals surface area contributed by atoms with E-state index in [9.17, 15) is 13.2 Å². The molecular weight excluding hydrogens is 501 g/mol. The first-order valence-corrected chi connectivity index (χ1v) is 11.2. The van der Waals surface area contributed by atoms with Crippen LogP contribution in [0.2, 0.25) is 5.02 Å². The van der Waals surface area contributed by atoms with Crippen LogP contribution in [0.5, 0.6) is 0 Å². The molecule has 1 amide bonds. The summed E-state index contributed by atoms with van der Waals surface area (Å²) in [5, 5.41) is 4.48. The van der Waals surface area contributed by atoms with E-state index < -0.39 is 22.5 Å². The Balaban J connectivity index is 2.18. The molecule has 0 saturated carbocycles. The maximum atomic E-state index is 12.3. The molecule has 0 bridgehead atoms. The van der Waals surface area contributed by atoms with E-state index in [0.717, 1.165) is 19.7 Å². The standard InChI is InChI=1S/C18H19ClIN3O3S/c1-12-16(19)5-4-6-17(12)23(27(3,25)26)11-18(24)22-21-13(2)14-7-9-15(20)10-8-14/h4-10H,11H2,1-3H3,(H,22,24)/b21-13-. The van der Waals surface area contributed by atoms with Crippen molar-refractivity contribution in [3.05, 3.63) is 62.2 Å². The highest BCUT2D eigenvalue weighted by Crippen LogP contribution is 2.27. The van der Waals surface area contributed by atoms with Crippen molar-refractivity contribution in [2.75, 3.05) is 17.1 Å². The van der Waals surface area contributed by atoms with Crippen LogP contribution in [0.4, 0.5) is 5.69 Å². The number of nitrogens with one attached hydrogen (secondary N) is 1. The van der Waals surface area contributed by atoms with Gasteiger partial charge in [-0.25, -0.2) is 13.8 Å². The number of anilines is 1. The van der Waals surface area contributed by atoms with E-state index in [1.807, 2.05) is 24.3 Å². The zero-order valence-electron chi connectivity index (χ0n) is 15.0. The number of rotatable bonds is 6. The van der Waals surface area contributed by atoms with Gasteiger partial charge in [-0.1, -0.05) is 29.8 Å². The zero-order valence-corrected chi connectivity index (χ0v) is 18.8. The maximum Gasteiger partial charge on any atom is 0.260 e. The number of hydrazone groups is 1. The Morgan fingerprint density at radius 3 is 2.44 bits per heavy atom. The van der Waals surface area contributed by atoms with E-state index in [-0.39, 0.29) is 0 Å². The summed E-state index contributed by atoms with van der Waals surface area (Å²) in [5.74, 6) is -0.551. The molecule has 2 rings (SSSR count). The van der Waals surface area contributed by atoms with E-state index in [1.165, 1.54) is 0 Å². The molecule has 9 heteroatoms. The van der Waals surface area contributed by atoms with Crippen LogP contribution >= 0.6 is 34.2 Å². The molecule has 27 heavy (non-hydrogen) atoms. The van der Waals surface area contributed by atoms with Crippen molar-refractivity contribution in [3.8, 4) is 0 Å². The summed E-state index contributed by atoms with van der Waals surface area (Å²) in [5.41, 5.74) is 4.83. The average molecular weight is 520 g/mol. The molecule has 0 radical (unpaired) electrons. The van der Waals surface area contributed by atoms with E-state index in [0.29, 0.717) is 22.0 Å². The van der Waals surface area contributed by atoms with Crippen LogP contribution in [0, 0.1) is 10.5 Å². The molecule has 6 nitrogen and oxygen atoms in total. The summed E-state index contributed by atoms with van der Waals surface area (Å²) in [6.07, 6.45) is 1.04. The SMILES string of the molecule is C/C(=N/NC(=O)CN(c1cccc(Cl)c1C)S(C)(=O)=O)c1ccc(I)cc1. The van der Waals surface area contributed by atoms with Crippen LogP contribution < -0.4 is 9.73 Å². The largest absolute Gasteiger partial charge is 0.271 e. The summed E-state index contributed by atoms with van der Waals surface area (Å²) in [4.78, 5) is 12.3. The molecule has 0 aromatic heterocycles. The molecule has 0 atom stereocenters. The van der Waals surface area contributed by atoms with Gasteiger partial charge in [-0.2, -0.15) is 5.10 Å². The van der Waals surface area contributed by atoms with Gasteiger partial charge >= 0.3 is 0 Å². The van der Waals surface area contributed by atoms with Crippen LogP contribution in [0.25, 0.3) is 0 Å². The van der Waals surface area contributed by atoms with E-state index in [1.54, 1.807) is 32.0 Å². The van der Waals surface area contributed by atoms with Crippen molar-refractivity contribution in [3.63, 3.8) is 0 Å². The highest BCUT2D eigenvalue weighted by atomic mass is 127. The van der Waals surface area contributed by atoms with Gasteiger partial charge in [0.05, 0.1) is 17.7 Å². The minimum Gasteiger partial charge on any atom is -0.271 e. The number of amides is 1. The van der Waals surface area contributed by atoms with Crippen molar-refractivity contribution in [2.45, 2.75) is 13.8 Å². The Labute approximate surface area is 177 Å². The predicted molar refractivity (Wildman–Crippen MR) is 118 cm³/mol. The van der Waals surface area contributed by atoms with E-state index >= 15 is 0 Å². The minimum atomic E-state index is -3.68. The lowest BCUT2D eigenvalue weighted by Crippen LogP contribution is -2.39. The molecular formula is C18H19ClIN3O3S. The third-order valence-electron chi connectivity index (χ3n) is 3.81. The first kappa shape index (κ1) is 21.6. The predicted octanol–water partition coefficient (Wildman–Crippen LogP) is 3.56. The smallest absolute Gasteiger partial charge is 0.260 e. The quantitative estimate of drug-likeness (QED) is 0.360. The Hall–Kier alpha value is -1.65. The molecule has 0 aliphatic carbocycles. The second-order valence-corrected chi connectivity index (χ2v) is 9.45. The number of benzene rings is 2. The summed E-state index contributed by atoms with van der Waals surface area (Å²) in [7, 11) is -3.68. The lowest BCUT2D eigenvalue weighted by molar-refractivity contribution is -0.119. The lowest BCUT2D eigenvalue weighted by atomic mass is 10.1. The molecule has 144 valence electrons. The zero-order chi connectivity index (χ0) is 20.2. The number of carbonyl (C=O) groups excluding carboxylic acids is 1. The van der Waals surface area contributed by atoms with Crippen molar-refractivity contribution >= 4 is 61.5 Å². The average Bonchev–Trinajstić information content (AvgIpc) is 2.60. The van der Waals surface area contributed by atoms with Crippen LogP contribution in [0.3, 0.4) is 0 Å². The molecule has 0 aliphatic rings. The molecule has 2 aromatic carbocycles. The van der Waals surface area contributed by atoms with Crippen molar-refractivity contribution < 1.29 is 13.2 Å². The third-order valence-corrected chi connectivity index (χ3v) is 6.06. The van der Waals surface area contributed by atoms with Gasteiger partial charge in [0.15, 0.2) is 0 Å². The fourth-order valence-electron chi connectivity index (χ4n) is 2.31. The molecule has 0 saturated heterocycles. The summed E-state index contributed by atoms with van der Waals surface area (Å²) in [6.45, 7) is 3.06. The van der Waals surface area contributed by atoms with Gasteiger partial charge in [0.25, 0.3) is 5.91 Å². The van der Waals surface area contributed by atoms with Crippen LogP contribution in [-0.4, -0.2) is 32.8 Å². The second-order valence-electron chi connectivity index (χ2n) is 5.89. The van der Waals surface area contributed by atoms with Crippen molar-refractivity contribution in [2.24, 2.45) is 5.10 Å². The number of sulfonamides is 1. The maximum absolute atomic E-state index is 12.3. The highest BCUT2D eigenvalue weighted by molar-refractivity contribution is 14.1. The normalized spacial score (nSPS) is 12.0. The molecule has 0 aliphatic heterocycles. The van der Waals surface area contributed by atoms with Crippen LogP contribution in [0.1, 0.15) is 18.1 Å². The number of halogens is 2. The highest BCUT2D eigenvalue weighted by Gasteiger charge is 2.23. The molecule has 1 N–H and O–H groups in total. The molecule has 2 aromatic rings. The van der Waals surface area contributed by atoms with Crippen molar-refractivity contribution in [1.29, 1.82) is 0 Å². The summed E-state index contributed by atoms with van der Waals surface area (Å²) < 4.78 is 26.5. The van der Waals surface area contributed by atoms with Gasteiger partial charge in [0, 0.05) is 8.59 Å². The number of carbonyl (C=O) groups is 1. The monoisotopic (exact) mass is 519 g/mol. The van der Waals surface area contributed by atoms with Gasteiger partial charge in [0.2, 0.25) is 10.0 Å². The Kier molecular flexibility index (Phi) is 7.24. The minimum absolute atomic E-state index is 0.360. The first-order chi connectivity index (χ1) is 12.6. The number of nitrogens with zero attached hydrogens (tertiary/aromatic N) is 2. The molecule has 0 fully saturated rings. The number of hydrogen-bond acceptors (Lipinski definition) is 4. The first-order valence-electron chi connectivity index (χ1n) is 7.91. The van der Waals surface area contributed by atoms with Crippen LogP contribution in [0.15, 0.2) is 47.6 Å². The molecule has 0 spiro atoms. The Morgan fingerprint density at radius 2 is 1.85 bits per heavy atom. The van der Waals surface area contributed by atoms with Gasteiger partial charge in [-0.15, -0.1) is 0 Å². The van der Waals surface area contributed by atoms with Gasteiger partial charge in [0.1, 0.15) is 6.54 Å². The molecule has 0 unspecified atom stereocenters. The Morgan fingerprint density at radius 1 is 1.22 bits per heavy atom. The fraction of sp³-hybridized carbons (Fsp3) is 0.222. The Bertz CT molecular complexity index is 976. The fourth-order valence-corrected chi connectivity index (χ4v) is 3.75. The topological polar surface area (TPSA) is 78.8 Å². The third kappa shape index (κ3) is 5.91.